The van der Waals surface area contributed by atoms with E-state index in [0.717, 1.165) is 5.69 Å². The van der Waals surface area contributed by atoms with E-state index in [-0.39, 0.29) is 23.2 Å². The first-order valence-corrected chi connectivity index (χ1v) is 6.70. The Balaban J connectivity index is 1.91. The van der Waals surface area contributed by atoms with E-state index in [2.05, 4.69) is 20.4 Å². The molecule has 1 aromatic carbocycles. The lowest BCUT2D eigenvalue weighted by atomic mass is 10.2. The molecule has 1 unspecified atom stereocenters. The molecular weight excluding hydrogens is 268 g/mol. The lowest BCUT2D eigenvalue weighted by molar-refractivity contribution is 0.0945. The predicted molar refractivity (Wildman–Crippen MR) is 81.5 cm³/mol. The first-order valence-electron chi connectivity index (χ1n) is 6.70. The minimum absolute atomic E-state index is 0.124. The van der Waals surface area contributed by atoms with Crippen LogP contribution in [0.4, 0.5) is 5.69 Å². The Labute approximate surface area is 122 Å². The van der Waals surface area contributed by atoms with E-state index in [9.17, 15) is 9.59 Å². The summed E-state index contributed by atoms with van der Waals surface area (Å²) in [4.78, 5) is 24.9. The van der Waals surface area contributed by atoms with Gasteiger partial charge >= 0.3 is 0 Å². The number of anilines is 1. The Kier molecular flexibility index (Phi) is 4.71. The Bertz CT molecular complexity index is 634. The van der Waals surface area contributed by atoms with Gasteiger partial charge in [0.1, 0.15) is 5.69 Å². The smallest absolute Gasteiger partial charge is 0.271 e. The molecular formula is C15H18N4O2. The number of amides is 1. The molecule has 0 aliphatic carbocycles. The van der Waals surface area contributed by atoms with Crippen LogP contribution in [-0.2, 0) is 0 Å². The van der Waals surface area contributed by atoms with Gasteiger partial charge in [0.2, 0.25) is 0 Å². The van der Waals surface area contributed by atoms with Crippen LogP contribution in [0.2, 0.25) is 0 Å². The molecule has 2 N–H and O–H groups in total. The van der Waals surface area contributed by atoms with Crippen LogP contribution in [-0.4, -0.2) is 35.7 Å². The minimum atomic E-state index is -0.330. The minimum Gasteiger partial charge on any atom is -0.370 e. The van der Waals surface area contributed by atoms with E-state index in [1.165, 1.54) is 12.1 Å². The molecule has 0 saturated carbocycles. The molecule has 110 valence electrons. The molecule has 6 heteroatoms. The van der Waals surface area contributed by atoms with Gasteiger partial charge in [-0.15, -0.1) is 0 Å². The van der Waals surface area contributed by atoms with E-state index in [1.54, 1.807) is 0 Å². The summed E-state index contributed by atoms with van der Waals surface area (Å²) in [6.45, 7) is 2.50. The van der Waals surface area contributed by atoms with E-state index < -0.39 is 0 Å². The van der Waals surface area contributed by atoms with Gasteiger partial charge in [-0.3, -0.25) is 9.59 Å². The number of likely N-dealkylation sites (N-methyl/N-ethyl adjacent to an activating group) is 1. The van der Waals surface area contributed by atoms with Gasteiger partial charge < -0.3 is 10.2 Å². The molecule has 2 aromatic rings. The zero-order chi connectivity index (χ0) is 15.2. The summed E-state index contributed by atoms with van der Waals surface area (Å²) in [5.41, 5.74) is 0.953. The number of nitrogens with one attached hydrogen (secondary N) is 2. The van der Waals surface area contributed by atoms with E-state index in [4.69, 9.17) is 0 Å². The molecule has 0 spiro atoms. The van der Waals surface area contributed by atoms with E-state index >= 15 is 0 Å². The zero-order valence-electron chi connectivity index (χ0n) is 12.0. The molecule has 1 amide bonds. The van der Waals surface area contributed by atoms with Crippen molar-refractivity contribution < 1.29 is 4.79 Å². The maximum absolute atomic E-state index is 11.9. The number of carbonyl (C=O) groups is 1. The summed E-state index contributed by atoms with van der Waals surface area (Å²) in [6, 6.07) is 12.7. The van der Waals surface area contributed by atoms with Crippen LogP contribution < -0.4 is 15.8 Å². The molecule has 1 aromatic heterocycles. The third-order valence-electron chi connectivity index (χ3n) is 3.29. The van der Waals surface area contributed by atoms with Gasteiger partial charge in [0.15, 0.2) is 0 Å². The number of rotatable bonds is 5. The van der Waals surface area contributed by atoms with E-state index in [1.807, 2.05) is 44.3 Å². The zero-order valence-corrected chi connectivity index (χ0v) is 12.0. The van der Waals surface area contributed by atoms with Crippen LogP contribution in [0.15, 0.2) is 47.3 Å². The highest BCUT2D eigenvalue weighted by molar-refractivity contribution is 5.92. The normalized spacial score (nSPS) is 11.7. The summed E-state index contributed by atoms with van der Waals surface area (Å²) in [5, 5.41) is 8.74. The number of hydrogen-bond donors (Lipinski definition) is 2. The van der Waals surface area contributed by atoms with Crippen molar-refractivity contribution in [2.45, 2.75) is 13.0 Å². The van der Waals surface area contributed by atoms with Crippen molar-refractivity contribution in [1.82, 2.24) is 15.5 Å². The standard InChI is InChI=1S/C15H18N4O2/c1-11(19(2)12-6-4-3-5-7-12)10-16-15(21)13-8-9-14(20)18-17-13/h3-9,11H,10H2,1-2H3,(H,16,21)(H,18,20). The van der Waals surface area contributed by atoms with Crippen molar-refractivity contribution in [3.8, 4) is 0 Å². The lowest BCUT2D eigenvalue weighted by Gasteiger charge is -2.27. The molecule has 0 aliphatic heterocycles. The fourth-order valence-corrected chi connectivity index (χ4v) is 1.86. The SMILES string of the molecule is CC(CNC(=O)c1ccc(=O)[nH]n1)N(C)c1ccccc1. The Morgan fingerprint density at radius 1 is 1.29 bits per heavy atom. The summed E-state index contributed by atoms with van der Waals surface area (Å²) >= 11 is 0. The van der Waals surface area contributed by atoms with Gasteiger partial charge in [-0.2, -0.15) is 5.10 Å². The summed E-state index contributed by atoms with van der Waals surface area (Å²) < 4.78 is 0. The number of aromatic amines is 1. The highest BCUT2D eigenvalue weighted by atomic mass is 16.2. The molecule has 2 rings (SSSR count). The number of hydrogen-bond acceptors (Lipinski definition) is 4. The monoisotopic (exact) mass is 286 g/mol. The molecule has 21 heavy (non-hydrogen) atoms. The van der Waals surface area contributed by atoms with Crippen LogP contribution in [0.1, 0.15) is 17.4 Å². The van der Waals surface area contributed by atoms with Crippen molar-refractivity contribution >= 4 is 11.6 Å². The molecule has 6 nitrogen and oxygen atoms in total. The molecule has 0 saturated heterocycles. The van der Waals surface area contributed by atoms with Crippen molar-refractivity contribution in [2.24, 2.45) is 0 Å². The van der Waals surface area contributed by atoms with Crippen LogP contribution in [0, 0.1) is 0 Å². The van der Waals surface area contributed by atoms with Crippen molar-refractivity contribution in [1.29, 1.82) is 0 Å². The fourth-order valence-electron chi connectivity index (χ4n) is 1.86. The molecule has 0 bridgehead atoms. The number of aromatic nitrogens is 2. The van der Waals surface area contributed by atoms with Crippen LogP contribution in [0.5, 0.6) is 0 Å². The number of nitrogens with zero attached hydrogens (tertiary/aromatic N) is 2. The summed E-state index contributed by atoms with van der Waals surface area (Å²) in [6.07, 6.45) is 0. The number of carbonyl (C=O) groups excluding carboxylic acids is 1. The molecule has 0 fully saturated rings. The Morgan fingerprint density at radius 2 is 2.00 bits per heavy atom. The first kappa shape index (κ1) is 14.8. The van der Waals surface area contributed by atoms with Crippen LogP contribution in [0.25, 0.3) is 0 Å². The van der Waals surface area contributed by atoms with Crippen molar-refractivity contribution in [3.05, 3.63) is 58.5 Å². The second kappa shape index (κ2) is 6.69. The molecule has 1 atom stereocenters. The molecule has 0 radical (unpaired) electrons. The van der Waals surface area contributed by atoms with E-state index in [0.29, 0.717) is 6.54 Å². The fraction of sp³-hybridized carbons (Fsp3) is 0.267. The number of H-pyrrole nitrogens is 1. The average Bonchev–Trinajstić information content (AvgIpc) is 2.53. The quantitative estimate of drug-likeness (QED) is 0.860. The summed E-state index contributed by atoms with van der Waals surface area (Å²) in [7, 11) is 1.98. The Morgan fingerprint density at radius 3 is 2.62 bits per heavy atom. The van der Waals surface area contributed by atoms with Gasteiger partial charge in [-0.25, -0.2) is 5.10 Å². The average molecular weight is 286 g/mol. The van der Waals surface area contributed by atoms with Crippen LogP contribution >= 0.6 is 0 Å². The predicted octanol–water partition coefficient (Wildman–Crippen LogP) is 1.02. The molecule has 1 heterocycles. The van der Waals surface area contributed by atoms with Crippen molar-refractivity contribution in [3.63, 3.8) is 0 Å². The third-order valence-corrected chi connectivity index (χ3v) is 3.29. The van der Waals surface area contributed by atoms with Gasteiger partial charge in [0, 0.05) is 31.4 Å². The van der Waals surface area contributed by atoms with Gasteiger partial charge in [-0.1, -0.05) is 18.2 Å². The highest BCUT2D eigenvalue weighted by Crippen LogP contribution is 2.13. The first-order chi connectivity index (χ1) is 10.1. The van der Waals surface area contributed by atoms with Crippen molar-refractivity contribution in [2.75, 3.05) is 18.5 Å². The lowest BCUT2D eigenvalue weighted by Crippen LogP contribution is -2.40. The number of para-hydroxylation sites is 1. The Hall–Kier alpha value is -2.63. The number of benzene rings is 1. The summed E-state index contributed by atoms with van der Waals surface area (Å²) in [5.74, 6) is -0.306. The van der Waals surface area contributed by atoms with Gasteiger partial charge in [-0.05, 0) is 25.1 Å². The maximum atomic E-state index is 11.9. The largest absolute Gasteiger partial charge is 0.370 e. The topological polar surface area (TPSA) is 78.1 Å². The second-order valence-electron chi connectivity index (χ2n) is 4.81. The van der Waals surface area contributed by atoms with Gasteiger partial charge in [0.05, 0.1) is 0 Å². The van der Waals surface area contributed by atoms with Gasteiger partial charge in [0.25, 0.3) is 11.5 Å². The third kappa shape index (κ3) is 3.92. The molecule has 0 aliphatic rings. The maximum Gasteiger partial charge on any atom is 0.271 e. The highest BCUT2D eigenvalue weighted by Gasteiger charge is 2.13. The second-order valence-corrected chi connectivity index (χ2v) is 4.81. The van der Waals surface area contributed by atoms with Crippen LogP contribution in [0.3, 0.4) is 0 Å².